The summed E-state index contributed by atoms with van der Waals surface area (Å²) in [4.78, 5) is 5.99. The molecule has 14 heavy (non-hydrogen) atoms. The largest absolute Gasteiger partial charge is 0.437 e. The fourth-order valence-electron chi connectivity index (χ4n) is 0.775. The second-order valence-electron chi connectivity index (χ2n) is 2.74. The zero-order valence-electron chi connectivity index (χ0n) is 8.21. The molecule has 0 radical (unpaired) electrons. The van der Waals surface area contributed by atoms with Gasteiger partial charge in [0.25, 0.3) is 0 Å². The minimum absolute atomic E-state index is 0.471. The fraction of sp³-hybridized carbons (Fsp3) is 0.333. The van der Waals surface area contributed by atoms with E-state index in [1.54, 1.807) is 18.5 Å². The molecule has 76 valence electrons. The summed E-state index contributed by atoms with van der Waals surface area (Å²) in [5.41, 5.74) is 0. The average Bonchev–Trinajstić information content (AvgIpc) is 2.63. The molecule has 1 rings (SSSR count). The molecule has 0 atom stereocenters. The van der Waals surface area contributed by atoms with Crippen LogP contribution < -0.4 is 0 Å². The molecule has 0 aromatic carbocycles. The average molecular weight is 195 g/mol. The predicted molar refractivity (Wildman–Crippen MR) is 54.5 cm³/mol. The lowest BCUT2D eigenvalue weighted by Gasteiger charge is -2.06. The zero-order chi connectivity index (χ0) is 10.4. The van der Waals surface area contributed by atoms with Crippen molar-refractivity contribution in [3.8, 4) is 0 Å². The van der Waals surface area contributed by atoms with Crippen LogP contribution in [0, 0.1) is 0 Å². The van der Waals surface area contributed by atoms with Gasteiger partial charge in [0.1, 0.15) is 6.21 Å². The van der Waals surface area contributed by atoms with Gasteiger partial charge in [-0.15, -0.1) is 0 Å². The van der Waals surface area contributed by atoms with Gasteiger partial charge < -0.3 is 14.5 Å². The number of hydrogen-bond acceptors (Lipinski definition) is 4. The quantitative estimate of drug-likeness (QED) is 0.344. The molecule has 0 spiro atoms. The first-order valence-electron chi connectivity index (χ1n) is 4.28. The molecule has 0 aliphatic heterocycles. The van der Waals surface area contributed by atoms with Crippen LogP contribution in [0.25, 0.3) is 0 Å². The van der Waals surface area contributed by atoms with E-state index in [-0.39, 0.29) is 0 Å². The van der Waals surface area contributed by atoms with Crippen molar-refractivity contribution in [3.63, 3.8) is 0 Å². The second-order valence-corrected chi connectivity index (χ2v) is 2.74. The van der Waals surface area contributed by atoms with Crippen molar-refractivity contribution in [1.82, 2.24) is 4.90 Å². The lowest BCUT2D eigenvalue weighted by atomic mass is 10.5. The molecule has 1 N–H and O–H groups in total. The van der Waals surface area contributed by atoms with Gasteiger partial charge >= 0.3 is 0 Å². The molecule has 0 bridgehead atoms. The minimum Gasteiger partial charge on any atom is -0.437 e. The maximum Gasteiger partial charge on any atom is 0.220 e. The normalized spacial score (nSPS) is 11.6. The molecule has 5 heteroatoms. The lowest BCUT2D eigenvalue weighted by Crippen LogP contribution is -2.14. The van der Waals surface area contributed by atoms with Crippen LogP contribution in [-0.2, 0) is 0 Å². The van der Waals surface area contributed by atoms with Crippen LogP contribution in [-0.4, -0.2) is 36.3 Å². The van der Waals surface area contributed by atoms with Crippen molar-refractivity contribution in [1.29, 1.82) is 0 Å². The van der Waals surface area contributed by atoms with Crippen LogP contribution in [0.2, 0.25) is 0 Å². The van der Waals surface area contributed by atoms with E-state index in [1.807, 2.05) is 18.9 Å². The Balaban J connectivity index is 2.63. The molecule has 1 heterocycles. The zero-order valence-corrected chi connectivity index (χ0v) is 8.21. The van der Waals surface area contributed by atoms with Gasteiger partial charge in [-0.1, -0.05) is 5.16 Å². The third-order valence-corrected chi connectivity index (χ3v) is 1.68. The summed E-state index contributed by atoms with van der Waals surface area (Å²) in [6, 6.07) is 3.38. The third-order valence-electron chi connectivity index (χ3n) is 1.68. The monoisotopic (exact) mass is 195 g/mol. The number of aliphatic imine (C=N–C) groups is 1. The molecule has 0 saturated heterocycles. The Hall–Kier alpha value is -1.78. The van der Waals surface area contributed by atoms with Crippen LogP contribution in [0.5, 0.6) is 0 Å². The van der Waals surface area contributed by atoms with E-state index in [0.717, 1.165) is 6.54 Å². The number of hydrogen-bond donors (Lipinski definition) is 1. The van der Waals surface area contributed by atoms with Gasteiger partial charge in [-0.25, -0.2) is 4.99 Å². The SMILES string of the molecule is CCN(C)C=Nc1ccc(/C=N/O)o1. The third kappa shape index (κ3) is 2.93. The smallest absolute Gasteiger partial charge is 0.220 e. The Morgan fingerprint density at radius 3 is 3.00 bits per heavy atom. The molecule has 0 aliphatic rings. The highest BCUT2D eigenvalue weighted by Crippen LogP contribution is 2.14. The van der Waals surface area contributed by atoms with Gasteiger partial charge in [0.2, 0.25) is 5.88 Å². The van der Waals surface area contributed by atoms with E-state index in [2.05, 4.69) is 10.1 Å². The highest BCUT2D eigenvalue weighted by Gasteiger charge is 1.96. The van der Waals surface area contributed by atoms with Crippen molar-refractivity contribution in [2.24, 2.45) is 10.1 Å². The van der Waals surface area contributed by atoms with Crippen molar-refractivity contribution in [2.75, 3.05) is 13.6 Å². The summed E-state index contributed by atoms with van der Waals surface area (Å²) in [5.74, 6) is 0.957. The van der Waals surface area contributed by atoms with Crippen LogP contribution >= 0.6 is 0 Å². The molecule has 1 aromatic heterocycles. The van der Waals surface area contributed by atoms with Gasteiger partial charge in [-0.2, -0.15) is 0 Å². The molecule has 1 aromatic rings. The van der Waals surface area contributed by atoms with E-state index in [0.29, 0.717) is 11.6 Å². The first-order valence-corrected chi connectivity index (χ1v) is 4.28. The minimum atomic E-state index is 0.471. The van der Waals surface area contributed by atoms with Gasteiger partial charge in [0.15, 0.2) is 5.76 Å². The summed E-state index contributed by atoms with van der Waals surface area (Å²) >= 11 is 0. The highest BCUT2D eigenvalue weighted by molar-refractivity contribution is 5.76. The number of oxime groups is 1. The molecule has 5 nitrogen and oxygen atoms in total. The predicted octanol–water partition coefficient (Wildman–Crippen LogP) is 1.70. The maximum atomic E-state index is 8.25. The first kappa shape index (κ1) is 10.3. The fourth-order valence-corrected chi connectivity index (χ4v) is 0.775. The van der Waals surface area contributed by atoms with E-state index < -0.39 is 0 Å². The topological polar surface area (TPSA) is 61.3 Å². The molecule has 0 aliphatic carbocycles. The van der Waals surface area contributed by atoms with Crippen molar-refractivity contribution < 1.29 is 9.62 Å². The molecule has 0 fully saturated rings. The Kier molecular flexibility index (Phi) is 3.72. The molecule has 0 unspecified atom stereocenters. The van der Waals surface area contributed by atoms with E-state index in [9.17, 15) is 0 Å². The molecule has 0 saturated carbocycles. The summed E-state index contributed by atoms with van der Waals surface area (Å²) in [6.07, 6.45) is 2.89. The Bertz CT molecular complexity index is 331. The lowest BCUT2D eigenvalue weighted by molar-refractivity contribution is 0.321. The summed E-state index contributed by atoms with van der Waals surface area (Å²) in [7, 11) is 1.92. The maximum absolute atomic E-state index is 8.25. The molecule has 0 amide bonds. The van der Waals surface area contributed by atoms with Gasteiger partial charge in [0.05, 0.1) is 6.34 Å². The summed E-state index contributed by atoms with van der Waals surface area (Å²) < 4.78 is 5.19. The Morgan fingerprint density at radius 2 is 2.36 bits per heavy atom. The van der Waals surface area contributed by atoms with Gasteiger partial charge in [-0.3, -0.25) is 0 Å². The van der Waals surface area contributed by atoms with Crippen LogP contribution in [0.15, 0.2) is 26.7 Å². The van der Waals surface area contributed by atoms with Crippen molar-refractivity contribution in [2.45, 2.75) is 6.92 Å². The number of furan rings is 1. The van der Waals surface area contributed by atoms with Crippen LogP contribution in [0.4, 0.5) is 5.88 Å². The van der Waals surface area contributed by atoms with Crippen molar-refractivity contribution >= 4 is 18.4 Å². The standard InChI is InChI=1S/C9H13N3O2/c1-3-12(2)7-10-9-5-4-8(14-9)6-11-13/h4-7,13H,3H2,1-2H3/b10-7?,11-6+. The van der Waals surface area contributed by atoms with Crippen molar-refractivity contribution in [3.05, 3.63) is 17.9 Å². The number of nitrogens with zero attached hydrogens (tertiary/aromatic N) is 3. The summed E-state index contributed by atoms with van der Waals surface area (Å²) in [6.45, 7) is 2.91. The van der Waals surface area contributed by atoms with Gasteiger partial charge in [-0.05, 0) is 13.0 Å². The van der Waals surface area contributed by atoms with Gasteiger partial charge in [0, 0.05) is 19.7 Å². The highest BCUT2D eigenvalue weighted by atomic mass is 16.4. The van der Waals surface area contributed by atoms with E-state index >= 15 is 0 Å². The van der Waals surface area contributed by atoms with E-state index in [1.165, 1.54) is 6.21 Å². The molecular weight excluding hydrogens is 182 g/mol. The first-order chi connectivity index (χ1) is 6.76. The van der Waals surface area contributed by atoms with E-state index in [4.69, 9.17) is 9.62 Å². The Morgan fingerprint density at radius 1 is 1.57 bits per heavy atom. The number of rotatable bonds is 4. The van der Waals surface area contributed by atoms with Crippen LogP contribution in [0.1, 0.15) is 12.7 Å². The summed E-state index contributed by atoms with van der Waals surface area (Å²) in [5, 5.41) is 11.1. The second kappa shape index (κ2) is 5.06. The Labute approximate surface area is 82.3 Å². The molecular formula is C9H13N3O2. The van der Waals surface area contributed by atoms with Crippen LogP contribution in [0.3, 0.4) is 0 Å².